The van der Waals surface area contributed by atoms with E-state index >= 15 is 0 Å². The normalized spacial score (nSPS) is 17.4. The number of nitrogens with zero attached hydrogens (tertiary/aromatic N) is 3. The minimum absolute atomic E-state index is 0.0273. The number of ether oxygens (including phenoxy) is 2. The first-order valence-corrected chi connectivity index (χ1v) is 9.23. The Labute approximate surface area is 150 Å². The monoisotopic (exact) mass is 350 g/mol. The predicted octanol–water partition coefficient (Wildman–Crippen LogP) is 1.94. The van der Waals surface area contributed by atoms with Gasteiger partial charge in [0.1, 0.15) is 0 Å². The Morgan fingerprint density at radius 2 is 2.20 bits per heavy atom. The molecule has 1 fully saturated rings. The summed E-state index contributed by atoms with van der Waals surface area (Å²) in [6.45, 7) is 9.98. The van der Waals surface area contributed by atoms with E-state index in [1.54, 1.807) is 0 Å². The average Bonchev–Trinajstić information content (AvgIpc) is 2.61. The summed E-state index contributed by atoms with van der Waals surface area (Å²) in [5, 5.41) is 3.02. The Bertz CT molecular complexity index is 553. The fourth-order valence-corrected chi connectivity index (χ4v) is 2.94. The Balaban J connectivity index is 1.90. The Morgan fingerprint density at radius 3 is 2.96 bits per heavy atom. The van der Waals surface area contributed by atoms with E-state index < -0.39 is 0 Å². The molecule has 1 aliphatic heterocycles. The molecular weight excluding hydrogens is 320 g/mol. The van der Waals surface area contributed by atoms with E-state index in [1.807, 2.05) is 26.8 Å². The second-order valence-electron chi connectivity index (χ2n) is 6.21. The fourth-order valence-electron chi connectivity index (χ4n) is 2.94. The molecule has 1 aromatic heterocycles. The third-order valence-corrected chi connectivity index (χ3v) is 4.15. The lowest BCUT2D eigenvalue weighted by Crippen LogP contribution is -2.44. The van der Waals surface area contributed by atoms with E-state index in [2.05, 4.69) is 20.2 Å². The van der Waals surface area contributed by atoms with Crippen molar-refractivity contribution in [2.45, 2.75) is 40.0 Å². The molecule has 0 radical (unpaired) electrons. The van der Waals surface area contributed by atoms with Crippen LogP contribution in [0.25, 0.3) is 0 Å². The quantitative estimate of drug-likeness (QED) is 0.686. The molecule has 1 N–H and O–H groups in total. The van der Waals surface area contributed by atoms with Crippen LogP contribution in [0, 0.1) is 12.8 Å². The van der Waals surface area contributed by atoms with Gasteiger partial charge >= 0.3 is 0 Å². The number of carbonyl (C=O) groups is 1. The largest absolute Gasteiger partial charge is 0.478 e. The van der Waals surface area contributed by atoms with Gasteiger partial charge in [0, 0.05) is 44.6 Å². The molecule has 7 nitrogen and oxygen atoms in total. The minimum Gasteiger partial charge on any atom is -0.478 e. The molecule has 7 heteroatoms. The van der Waals surface area contributed by atoms with Crippen LogP contribution in [-0.4, -0.2) is 55.3 Å². The van der Waals surface area contributed by atoms with Crippen molar-refractivity contribution in [2.75, 3.05) is 44.4 Å². The van der Waals surface area contributed by atoms with Crippen molar-refractivity contribution in [1.82, 2.24) is 15.3 Å². The number of aromatic nitrogens is 2. The summed E-state index contributed by atoms with van der Waals surface area (Å²) in [7, 11) is 0. The standard InChI is InChI=1S/C18H30N4O3/c1-4-24-11-7-9-19-17(23)15-8-6-10-22(13-15)18-20-14(3)12-16(21-18)25-5-2/h12,15H,4-11,13H2,1-3H3,(H,19,23). The number of amides is 1. The van der Waals surface area contributed by atoms with E-state index in [0.29, 0.717) is 44.7 Å². The maximum absolute atomic E-state index is 12.4. The van der Waals surface area contributed by atoms with Crippen LogP contribution in [0.15, 0.2) is 6.07 Å². The molecule has 1 aromatic rings. The minimum atomic E-state index is -0.0273. The molecule has 0 bridgehead atoms. The van der Waals surface area contributed by atoms with Gasteiger partial charge in [0.15, 0.2) is 0 Å². The molecular formula is C18H30N4O3. The van der Waals surface area contributed by atoms with E-state index in [9.17, 15) is 4.79 Å². The summed E-state index contributed by atoms with van der Waals surface area (Å²) >= 11 is 0. The van der Waals surface area contributed by atoms with Gasteiger partial charge < -0.3 is 19.7 Å². The first kappa shape index (κ1) is 19.4. The zero-order chi connectivity index (χ0) is 18.1. The molecule has 0 aromatic carbocycles. The van der Waals surface area contributed by atoms with Crippen molar-refractivity contribution < 1.29 is 14.3 Å². The number of anilines is 1. The number of nitrogens with one attached hydrogen (secondary N) is 1. The van der Waals surface area contributed by atoms with Gasteiger partial charge in [-0.2, -0.15) is 4.98 Å². The topological polar surface area (TPSA) is 76.6 Å². The van der Waals surface area contributed by atoms with E-state index in [4.69, 9.17) is 9.47 Å². The van der Waals surface area contributed by atoms with E-state index in [1.165, 1.54) is 0 Å². The lowest BCUT2D eigenvalue weighted by Gasteiger charge is -2.32. The zero-order valence-corrected chi connectivity index (χ0v) is 15.6. The third-order valence-electron chi connectivity index (χ3n) is 4.15. The molecule has 1 amide bonds. The van der Waals surface area contributed by atoms with Crippen molar-refractivity contribution in [2.24, 2.45) is 5.92 Å². The van der Waals surface area contributed by atoms with Gasteiger partial charge in [0.2, 0.25) is 17.7 Å². The highest BCUT2D eigenvalue weighted by atomic mass is 16.5. The maximum Gasteiger partial charge on any atom is 0.228 e. The molecule has 2 heterocycles. The van der Waals surface area contributed by atoms with Crippen molar-refractivity contribution in [3.8, 4) is 5.88 Å². The van der Waals surface area contributed by atoms with Crippen LogP contribution in [0.4, 0.5) is 5.95 Å². The summed E-state index contributed by atoms with van der Waals surface area (Å²) in [4.78, 5) is 23.5. The van der Waals surface area contributed by atoms with Gasteiger partial charge in [-0.1, -0.05) is 0 Å². The lowest BCUT2D eigenvalue weighted by molar-refractivity contribution is -0.125. The van der Waals surface area contributed by atoms with Crippen molar-refractivity contribution in [3.05, 3.63) is 11.8 Å². The summed E-state index contributed by atoms with van der Waals surface area (Å²) in [5.41, 5.74) is 0.871. The molecule has 140 valence electrons. The molecule has 0 saturated carbocycles. The van der Waals surface area contributed by atoms with Gasteiger partial charge in [0.25, 0.3) is 0 Å². The van der Waals surface area contributed by atoms with E-state index in [0.717, 1.165) is 31.5 Å². The van der Waals surface area contributed by atoms with Gasteiger partial charge in [-0.25, -0.2) is 4.98 Å². The zero-order valence-electron chi connectivity index (χ0n) is 15.6. The van der Waals surface area contributed by atoms with Crippen molar-refractivity contribution in [1.29, 1.82) is 0 Å². The highest BCUT2D eigenvalue weighted by molar-refractivity contribution is 5.79. The van der Waals surface area contributed by atoms with Crippen LogP contribution in [0.3, 0.4) is 0 Å². The van der Waals surface area contributed by atoms with Gasteiger partial charge in [-0.15, -0.1) is 0 Å². The summed E-state index contributed by atoms with van der Waals surface area (Å²) in [6, 6.07) is 1.83. The number of rotatable bonds is 9. The van der Waals surface area contributed by atoms with Gasteiger partial charge in [-0.05, 0) is 40.0 Å². The highest BCUT2D eigenvalue weighted by Gasteiger charge is 2.27. The number of aryl methyl sites for hydroxylation is 1. The van der Waals surface area contributed by atoms with Crippen molar-refractivity contribution in [3.63, 3.8) is 0 Å². The summed E-state index contributed by atoms with van der Waals surface area (Å²) in [6.07, 6.45) is 2.70. The fraction of sp³-hybridized carbons (Fsp3) is 0.722. The maximum atomic E-state index is 12.4. The number of hydrogen-bond acceptors (Lipinski definition) is 6. The molecule has 25 heavy (non-hydrogen) atoms. The third kappa shape index (κ3) is 6.16. The first-order valence-electron chi connectivity index (χ1n) is 9.23. The molecule has 0 spiro atoms. The second kappa shape index (κ2) is 10.2. The molecule has 1 unspecified atom stereocenters. The van der Waals surface area contributed by atoms with Crippen LogP contribution in [-0.2, 0) is 9.53 Å². The van der Waals surface area contributed by atoms with Crippen LogP contribution < -0.4 is 15.0 Å². The lowest BCUT2D eigenvalue weighted by atomic mass is 9.97. The number of carbonyl (C=O) groups excluding carboxylic acids is 1. The van der Waals surface area contributed by atoms with Gasteiger partial charge in [0.05, 0.1) is 12.5 Å². The Kier molecular flexibility index (Phi) is 7.91. The van der Waals surface area contributed by atoms with Gasteiger partial charge in [-0.3, -0.25) is 4.79 Å². The SMILES string of the molecule is CCOCCCNC(=O)C1CCCN(c2nc(C)cc(OCC)n2)C1. The summed E-state index contributed by atoms with van der Waals surface area (Å²) in [5.74, 6) is 1.32. The molecule has 1 aliphatic rings. The Morgan fingerprint density at radius 1 is 1.36 bits per heavy atom. The molecule has 2 rings (SSSR count). The molecule has 0 aliphatic carbocycles. The first-order chi connectivity index (χ1) is 12.1. The smallest absolute Gasteiger partial charge is 0.228 e. The second-order valence-corrected chi connectivity index (χ2v) is 6.21. The molecule has 1 atom stereocenters. The molecule has 1 saturated heterocycles. The predicted molar refractivity (Wildman–Crippen MR) is 97.0 cm³/mol. The van der Waals surface area contributed by atoms with Crippen LogP contribution in [0.2, 0.25) is 0 Å². The van der Waals surface area contributed by atoms with E-state index in [-0.39, 0.29) is 11.8 Å². The summed E-state index contributed by atoms with van der Waals surface area (Å²) < 4.78 is 10.8. The van der Waals surface area contributed by atoms with Crippen LogP contribution in [0.5, 0.6) is 5.88 Å². The highest BCUT2D eigenvalue weighted by Crippen LogP contribution is 2.22. The van der Waals surface area contributed by atoms with Crippen LogP contribution in [0.1, 0.15) is 38.8 Å². The van der Waals surface area contributed by atoms with Crippen LogP contribution >= 0.6 is 0 Å². The van der Waals surface area contributed by atoms with Crippen molar-refractivity contribution >= 4 is 11.9 Å². The number of hydrogen-bond donors (Lipinski definition) is 1. The average molecular weight is 350 g/mol. The number of piperidine rings is 1. The Hall–Kier alpha value is -1.89.